The summed E-state index contributed by atoms with van der Waals surface area (Å²) in [6, 6.07) is 7.72. The molecule has 4 aliphatic rings. The molecule has 4 atom stereocenters. The van der Waals surface area contributed by atoms with Gasteiger partial charge in [-0.3, -0.25) is 9.59 Å². The summed E-state index contributed by atoms with van der Waals surface area (Å²) in [5.41, 5.74) is 4.78. The largest absolute Gasteiger partial charge is 0.274 e. The maximum absolute atomic E-state index is 13.2. The summed E-state index contributed by atoms with van der Waals surface area (Å²) in [4.78, 5) is 27.8. The number of amides is 2. The molecule has 0 aromatic heterocycles. The molecule has 0 spiro atoms. The molecule has 3 aliphatic carbocycles. The third kappa shape index (κ3) is 2.04. The monoisotopic (exact) mass is 333 g/mol. The van der Waals surface area contributed by atoms with Crippen molar-refractivity contribution < 1.29 is 9.59 Å². The van der Waals surface area contributed by atoms with E-state index in [1.165, 1.54) is 29.7 Å². The van der Waals surface area contributed by atoms with Crippen LogP contribution in [0.3, 0.4) is 0 Å². The molecular formula is C22H23NO2. The maximum atomic E-state index is 13.2. The second kappa shape index (κ2) is 5.42. The van der Waals surface area contributed by atoms with E-state index in [4.69, 9.17) is 0 Å². The number of imide groups is 1. The second-order valence-electron chi connectivity index (χ2n) is 7.96. The fourth-order valence-corrected chi connectivity index (χ4v) is 5.52. The molecular weight excluding hydrogens is 310 g/mol. The predicted octanol–water partition coefficient (Wildman–Crippen LogP) is 4.18. The Morgan fingerprint density at radius 2 is 1.56 bits per heavy atom. The third-order valence-corrected chi connectivity index (χ3v) is 6.54. The Balaban J connectivity index is 1.54. The van der Waals surface area contributed by atoms with Gasteiger partial charge in [-0.05, 0) is 50.3 Å². The summed E-state index contributed by atoms with van der Waals surface area (Å²) < 4.78 is 0. The zero-order valence-corrected chi connectivity index (χ0v) is 14.6. The van der Waals surface area contributed by atoms with Crippen molar-refractivity contribution in [2.24, 2.45) is 23.7 Å². The molecule has 25 heavy (non-hydrogen) atoms. The molecule has 1 heterocycles. The van der Waals surface area contributed by atoms with Gasteiger partial charge in [-0.2, -0.15) is 0 Å². The van der Waals surface area contributed by atoms with Crippen LogP contribution in [0.1, 0.15) is 37.7 Å². The number of rotatable bonds is 1. The minimum Gasteiger partial charge on any atom is -0.274 e. The van der Waals surface area contributed by atoms with Crippen molar-refractivity contribution >= 4 is 17.5 Å². The average Bonchev–Trinajstić information content (AvgIpc) is 3.25. The fraction of sp³-hybridized carbons (Fsp3) is 0.455. The van der Waals surface area contributed by atoms with Crippen molar-refractivity contribution in [3.63, 3.8) is 0 Å². The molecule has 2 saturated carbocycles. The van der Waals surface area contributed by atoms with Gasteiger partial charge in [-0.15, -0.1) is 0 Å². The zero-order valence-electron chi connectivity index (χ0n) is 14.6. The minimum absolute atomic E-state index is 0.00589. The van der Waals surface area contributed by atoms with Gasteiger partial charge in [0.25, 0.3) is 0 Å². The summed E-state index contributed by atoms with van der Waals surface area (Å²) in [7, 11) is 0. The van der Waals surface area contributed by atoms with Crippen LogP contribution in [0.25, 0.3) is 0 Å². The Morgan fingerprint density at radius 3 is 2.16 bits per heavy atom. The predicted molar refractivity (Wildman–Crippen MR) is 96.9 cm³/mol. The molecule has 1 aliphatic heterocycles. The van der Waals surface area contributed by atoms with E-state index in [-0.39, 0.29) is 35.5 Å². The van der Waals surface area contributed by atoms with E-state index in [0.29, 0.717) is 0 Å². The maximum Gasteiger partial charge on any atom is 0.238 e. The van der Waals surface area contributed by atoms with Crippen LogP contribution < -0.4 is 4.90 Å². The zero-order chi connectivity index (χ0) is 17.1. The van der Waals surface area contributed by atoms with Crippen molar-refractivity contribution in [3.05, 3.63) is 53.1 Å². The first-order chi connectivity index (χ1) is 12.2. The smallest absolute Gasteiger partial charge is 0.238 e. The standard InChI is InChI=1S/C22H23NO2/c1-13-6-5-9-15(12-13)23-21(24)19-16-10-11-17(20(19)22(23)25)18(16)14-7-3-2-4-8-14/h5-6,9-12,16-17,19-20H,2-4,7-8H2,1H3/t16-,17-,19-,20+/m0/s1. The molecule has 0 radical (unpaired) electrons. The van der Waals surface area contributed by atoms with Gasteiger partial charge in [0.05, 0.1) is 17.5 Å². The summed E-state index contributed by atoms with van der Waals surface area (Å²) in [5, 5.41) is 0. The van der Waals surface area contributed by atoms with E-state index in [0.717, 1.165) is 24.1 Å². The molecule has 5 rings (SSSR count). The highest BCUT2D eigenvalue weighted by Crippen LogP contribution is 2.58. The Morgan fingerprint density at radius 1 is 0.920 bits per heavy atom. The molecule has 1 aromatic rings. The third-order valence-electron chi connectivity index (χ3n) is 6.54. The number of hydrogen-bond donors (Lipinski definition) is 0. The van der Waals surface area contributed by atoms with Crippen LogP contribution >= 0.6 is 0 Å². The van der Waals surface area contributed by atoms with Gasteiger partial charge in [0.1, 0.15) is 0 Å². The molecule has 1 saturated heterocycles. The molecule has 1 aromatic carbocycles. The lowest BCUT2D eigenvalue weighted by atomic mass is 9.85. The molecule has 2 amide bonds. The van der Waals surface area contributed by atoms with Gasteiger partial charge >= 0.3 is 0 Å². The van der Waals surface area contributed by atoms with Crippen molar-refractivity contribution in [1.82, 2.24) is 0 Å². The molecule has 0 N–H and O–H groups in total. The van der Waals surface area contributed by atoms with Crippen LogP contribution in [0.2, 0.25) is 0 Å². The first-order valence-corrected chi connectivity index (χ1v) is 9.51. The number of fused-ring (bicyclic) bond motifs is 5. The summed E-state index contributed by atoms with van der Waals surface area (Å²) in [6.07, 6.45) is 10.5. The van der Waals surface area contributed by atoms with E-state index >= 15 is 0 Å². The summed E-state index contributed by atoms with van der Waals surface area (Å²) in [6.45, 7) is 1.99. The highest BCUT2D eigenvalue weighted by molar-refractivity contribution is 6.23. The number of hydrogen-bond acceptors (Lipinski definition) is 2. The Hall–Kier alpha value is -2.16. The Bertz CT molecular complexity index is 792. The molecule has 3 heteroatoms. The molecule has 3 nitrogen and oxygen atoms in total. The number of carbonyl (C=O) groups excluding carboxylic acids is 2. The van der Waals surface area contributed by atoms with E-state index in [1.54, 1.807) is 5.57 Å². The van der Waals surface area contributed by atoms with Gasteiger partial charge in [0.2, 0.25) is 11.8 Å². The van der Waals surface area contributed by atoms with Crippen molar-refractivity contribution in [2.75, 3.05) is 4.90 Å². The normalized spacial score (nSPS) is 33.6. The number of anilines is 1. The van der Waals surface area contributed by atoms with E-state index in [9.17, 15) is 9.59 Å². The Kier molecular flexibility index (Phi) is 3.28. The minimum atomic E-state index is -0.174. The quantitative estimate of drug-likeness (QED) is 0.571. The van der Waals surface area contributed by atoms with Crippen molar-refractivity contribution in [2.45, 2.75) is 39.0 Å². The number of aryl methyl sites for hydroxylation is 1. The van der Waals surface area contributed by atoms with Gasteiger partial charge < -0.3 is 0 Å². The lowest BCUT2D eigenvalue weighted by Crippen LogP contribution is -2.33. The van der Waals surface area contributed by atoms with Crippen LogP contribution in [0.4, 0.5) is 5.69 Å². The number of allylic oxidation sites excluding steroid dienone is 4. The van der Waals surface area contributed by atoms with Gasteiger partial charge in [-0.25, -0.2) is 4.90 Å². The van der Waals surface area contributed by atoms with Crippen molar-refractivity contribution in [1.29, 1.82) is 0 Å². The number of carbonyl (C=O) groups is 2. The topological polar surface area (TPSA) is 37.4 Å². The average molecular weight is 333 g/mol. The van der Waals surface area contributed by atoms with Crippen LogP contribution in [0, 0.1) is 30.6 Å². The summed E-state index contributed by atoms with van der Waals surface area (Å²) >= 11 is 0. The SMILES string of the molecule is Cc1cccc(N2C(=O)[C@@H]3[C@H](C2=O)[C@H]2C=C[C@H]3C2=C2CCCCC2)c1. The molecule has 0 unspecified atom stereocenters. The molecule has 128 valence electrons. The van der Waals surface area contributed by atoms with Gasteiger partial charge in [-0.1, -0.05) is 41.9 Å². The van der Waals surface area contributed by atoms with Gasteiger partial charge in [0, 0.05) is 11.8 Å². The van der Waals surface area contributed by atoms with E-state index in [2.05, 4.69) is 12.2 Å². The summed E-state index contributed by atoms with van der Waals surface area (Å²) in [5.74, 6) is -0.0127. The molecule has 3 fully saturated rings. The van der Waals surface area contributed by atoms with E-state index < -0.39 is 0 Å². The fourth-order valence-electron chi connectivity index (χ4n) is 5.52. The number of nitrogens with zero attached hydrogens (tertiary/aromatic N) is 1. The van der Waals surface area contributed by atoms with E-state index in [1.807, 2.05) is 31.2 Å². The highest BCUT2D eigenvalue weighted by Gasteiger charge is 2.62. The van der Waals surface area contributed by atoms with Gasteiger partial charge in [0.15, 0.2) is 0 Å². The van der Waals surface area contributed by atoms with Crippen LogP contribution in [0.15, 0.2) is 47.6 Å². The first kappa shape index (κ1) is 15.1. The van der Waals surface area contributed by atoms with Crippen LogP contribution in [-0.4, -0.2) is 11.8 Å². The highest BCUT2D eigenvalue weighted by atomic mass is 16.2. The lowest BCUT2D eigenvalue weighted by molar-refractivity contribution is -0.122. The second-order valence-corrected chi connectivity index (χ2v) is 7.96. The van der Waals surface area contributed by atoms with Crippen LogP contribution in [0.5, 0.6) is 0 Å². The number of benzene rings is 1. The van der Waals surface area contributed by atoms with Crippen molar-refractivity contribution in [3.8, 4) is 0 Å². The first-order valence-electron chi connectivity index (χ1n) is 9.51. The molecule has 2 bridgehead atoms. The lowest BCUT2D eigenvalue weighted by Gasteiger charge is -2.23. The van der Waals surface area contributed by atoms with Crippen LogP contribution in [-0.2, 0) is 9.59 Å². The Labute approximate surface area is 148 Å².